The number of allylic oxidation sites excluding steroid dienone is 1. The van der Waals surface area contributed by atoms with E-state index in [2.05, 4.69) is 5.32 Å². The minimum Gasteiger partial charge on any atom is -0.380 e. The molecule has 0 fully saturated rings. The first kappa shape index (κ1) is 19.2. The average Bonchev–Trinajstić information content (AvgIpc) is 3.14. The van der Waals surface area contributed by atoms with Gasteiger partial charge in [-0.15, -0.1) is 0 Å². The fraction of sp³-hybridized carbons (Fsp3) is 0.458. The number of ether oxygens (including phenoxy) is 1. The zero-order valence-electron chi connectivity index (χ0n) is 17.6. The second kappa shape index (κ2) is 6.28. The quantitative estimate of drug-likeness (QED) is 0.656. The summed E-state index contributed by atoms with van der Waals surface area (Å²) in [5.74, 6) is -0.215. The molecule has 7 heteroatoms. The third kappa shape index (κ3) is 2.34. The van der Waals surface area contributed by atoms with Crippen molar-refractivity contribution in [2.75, 3.05) is 5.32 Å². The number of nitrogens with zero attached hydrogens (tertiary/aromatic N) is 1. The highest BCUT2D eigenvalue weighted by atomic mass is 19.1. The van der Waals surface area contributed by atoms with Crippen LogP contribution in [-0.4, -0.2) is 21.1 Å². The standard InChI is InChI=1S/C24H25FN2O4/c1-3-24(30)16-7-19-21-14(9-27(19)22(28)15(16)10-31-23(24)29)13-6-4-5-12-11(2)17(25)8-18(26-21)20(12)13/h7-8,21,23,26,29-30H,3-6,9-10H2,1-2H3/t21?,23?,24-/m0/s1. The molecule has 31 heavy (non-hydrogen) atoms. The molecule has 4 aliphatic rings. The smallest absolute Gasteiger partial charge is 0.257 e. The van der Waals surface area contributed by atoms with Crippen molar-refractivity contribution in [3.63, 3.8) is 0 Å². The van der Waals surface area contributed by atoms with Gasteiger partial charge in [-0.05, 0) is 67.0 Å². The molecule has 0 saturated heterocycles. The molecular weight excluding hydrogens is 399 g/mol. The summed E-state index contributed by atoms with van der Waals surface area (Å²) in [5.41, 5.74) is 5.74. The molecule has 0 saturated carbocycles. The lowest BCUT2D eigenvalue weighted by atomic mass is 9.78. The number of benzene rings is 1. The Balaban J connectivity index is 1.58. The summed E-state index contributed by atoms with van der Waals surface area (Å²) in [6, 6.07) is 3.14. The van der Waals surface area contributed by atoms with Gasteiger partial charge in [-0.2, -0.15) is 0 Å². The molecular formula is C24H25FN2O4. The Bertz CT molecular complexity index is 1250. The van der Waals surface area contributed by atoms with Crippen molar-refractivity contribution in [2.45, 2.75) is 70.6 Å². The van der Waals surface area contributed by atoms with Gasteiger partial charge in [-0.1, -0.05) is 6.92 Å². The van der Waals surface area contributed by atoms with Gasteiger partial charge >= 0.3 is 0 Å². The number of hydrogen-bond acceptors (Lipinski definition) is 5. The molecule has 3 aliphatic heterocycles. The molecule has 0 amide bonds. The van der Waals surface area contributed by atoms with E-state index in [1.54, 1.807) is 17.6 Å². The third-order valence-electron chi connectivity index (χ3n) is 7.70. The first-order valence-corrected chi connectivity index (χ1v) is 10.9. The molecule has 6 nitrogen and oxygen atoms in total. The Morgan fingerprint density at radius 3 is 2.90 bits per heavy atom. The van der Waals surface area contributed by atoms with E-state index in [9.17, 15) is 19.4 Å². The molecule has 0 radical (unpaired) electrons. The maximum absolute atomic E-state index is 14.6. The van der Waals surface area contributed by atoms with Gasteiger partial charge in [0.15, 0.2) is 6.29 Å². The van der Waals surface area contributed by atoms with Crippen molar-refractivity contribution in [3.05, 3.63) is 67.4 Å². The topological polar surface area (TPSA) is 83.7 Å². The zero-order valence-corrected chi connectivity index (χ0v) is 17.6. The number of halogens is 1. The first-order valence-electron chi connectivity index (χ1n) is 10.9. The van der Waals surface area contributed by atoms with Crippen LogP contribution in [0.3, 0.4) is 0 Å². The highest BCUT2D eigenvalue weighted by molar-refractivity contribution is 5.87. The van der Waals surface area contributed by atoms with E-state index in [1.165, 1.54) is 5.57 Å². The molecule has 6 rings (SSSR count). The molecule has 1 aliphatic carbocycles. The van der Waals surface area contributed by atoms with Gasteiger partial charge in [0.1, 0.15) is 11.4 Å². The summed E-state index contributed by atoms with van der Waals surface area (Å²) >= 11 is 0. The summed E-state index contributed by atoms with van der Waals surface area (Å²) in [5, 5.41) is 24.9. The van der Waals surface area contributed by atoms with Crippen molar-refractivity contribution in [3.8, 4) is 0 Å². The van der Waals surface area contributed by atoms with Crippen molar-refractivity contribution in [1.29, 1.82) is 0 Å². The van der Waals surface area contributed by atoms with E-state index in [4.69, 9.17) is 4.74 Å². The number of rotatable bonds is 1. The number of hydrogen-bond donors (Lipinski definition) is 3. The van der Waals surface area contributed by atoms with Crippen LogP contribution in [0.25, 0.3) is 5.57 Å². The fourth-order valence-electron chi connectivity index (χ4n) is 5.92. The fourth-order valence-corrected chi connectivity index (χ4v) is 5.92. The summed E-state index contributed by atoms with van der Waals surface area (Å²) in [4.78, 5) is 13.4. The van der Waals surface area contributed by atoms with E-state index < -0.39 is 11.9 Å². The minimum atomic E-state index is -1.63. The molecule has 1 aromatic heterocycles. The minimum absolute atomic E-state index is 0.0310. The van der Waals surface area contributed by atoms with Crippen LogP contribution in [0.2, 0.25) is 0 Å². The predicted octanol–water partition coefficient (Wildman–Crippen LogP) is 3.01. The number of aromatic nitrogens is 1. The van der Waals surface area contributed by atoms with Crippen LogP contribution < -0.4 is 10.9 Å². The zero-order chi connectivity index (χ0) is 21.7. The van der Waals surface area contributed by atoms with Gasteiger partial charge in [0.05, 0.1) is 12.6 Å². The lowest BCUT2D eigenvalue weighted by Crippen LogP contribution is -2.47. The molecule has 0 spiro atoms. The van der Waals surface area contributed by atoms with Crippen LogP contribution >= 0.6 is 0 Å². The Kier molecular flexibility index (Phi) is 3.89. The highest BCUT2D eigenvalue weighted by Crippen LogP contribution is 2.51. The first-order chi connectivity index (χ1) is 14.8. The van der Waals surface area contributed by atoms with Crippen molar-refractivity contribution in [2.24, 2.45) is 0 Å². The monoisotopic (exact) mass is 424 g/mol. The van der Waals surface area contributed by atoms with Crippen molar-refractivity contribution in [1.82, 2.24) is 4.57 Å². The predicted molar refractivity (Wildman–Crippen MR) is 113 cm³/mol. The normalized spacial score (nSPS) is 27.9. The molecule has 3 N–H and O–H groups in total. The Morgan fingerprint density at radius 1 is 1.32 bits per heavy atom. The van der Waals surface area contributed by atoms with E-state index >= 15 is 0 Å². The average molecular weight is 424 g/mol. The largest absolute Gasteiger partial charge is 0.380 e. The van der Waals surface area contributed by atoms with Crippen LogP contribution in [0.4, 0.5) is 10.1 Å². The Labute approximate surface area is 179 Å². The van der Waals surface area contributed by atoms with E-state index in [0.717, 1.165) is 47.3 Å². The maximum atomic E-state index is 14.6. The number of pyridine rings is 1. The van der Waals surface area contributed by atoms with E-state index in [0.29, 0.717) is 23.2 Å². The Morgan fingerprint density at radius 2 is 2.13 bits per heavy atom. The second-order valence-corrected chi connectivity index (χ2v) is 9.11. The third-order valence-corrected chi connectivity index (χ3v) is 7.70. The van der Waals surface area contributed by atoms with Gasteiger partial charge in [0.25, 0.3) is 5.56 Å². The number of aliphatic hydroxyl groups is 2. The van der Waals surface area contributed by atoms with Crippen LogP contribution in [0.5, 0.6) is 0 Å². The molecule has 162 valence electrons. The van der Waals surface area contributed by atoms with Gasteiger partial charge in [0, 0.05) is 34.6 Å². The van der Waals surface area contributed by atoms with Crippen LogP contribution in [0, 0.1) is 12.7 Å². The number of fused-ring (bicyclic) bond motifs is 4. The molecule has 2 unspecified atom stereocenters. The molecule has 3 atom stereocenters. The van der Waals surface area contributed by atoms with Crippen molar-refractivity contribution < 1.29 is 19.3 Å². The lowest BCUT2D eigenvalue weighted by Gasteiger charge is -2.38. The van der Waals surface area contributed by atoms with Crippen LogP contribution in [0.1, 0.15) is 65.7 Å². The van der Waals surface area contributed by atoms with Crippen molar-refractivity contribution >= 4 is 11.3 Å². The van der Waals surface area contributed by atoms with E-state index in [-0.39, 0.29) is 30.4 Å². The second-order valence-electron chi connectivity index (χ2n) is 9.11. The Hall–Kier alpha value is -2.48. The molecule has 2 aromatic rings. The highest BCUT2D eigenvalue weighted by Gasteiger charge is 2.46. The molecule has 0 bridgehead atoms. The summed E-state index contributed by atoms with van der Waals surface area (Å²) in [6.45, 7) is 4.03. The van der Waals surface area contributed by atoms with Gasteiger partial charge in [-0.25, -0.2) is 4.39 Å². The SMILES string of the molecule is CC[C@]1(O)c2cc3n(c(=O)c2COC1O)CC1=C2CCCc4c(C)c(F)cc(c42)NC13. The number of aliphatic hydroxyl groups excluding tert-OH is 1. The number of anilines is 1. The van der Waals surface area contributed by atoms with E-state index in [1.807, 2.05) is 13.0 Å². The summed E-state index contributed by atoms with van der Waals surface area (Å²) < 4.78 is 21.7. The molecule has 4 heterocycles. The van der Waals surface area contributed by atoms with Gasteiger partial charge in [0.2, 0.25) is 0 Å². The van der Waals surface area contributed by atoms with Gasteiger partial charge < -0.3 is 24.8 Å². The maximum Gasteiger partial charge on any atom is 0.257 e. The van der Waals surface area contributed by atoms with Crippen LogP contribution in [0.15, 0.2) is 22.5 Å². The summed E-state index contributed by atoms with van der Waals surface area (Å²) in [7, 11) is 0. The summed E-state index contributed by atoms with van der Waals surface area (Å²) in [6.07, 6.45) is 1.55. The number of nitrogens with one attached hydrogen (secondary N) is 1. The van der Waals surface area contributed by atoms with Gasteiger partial charge in [-0.3, -0.25) is 4.79 Å². The molecule has 1 aromatic carbocycles. The lowest BCUT2D eigenvalue weighted by molar-refractivity contribution is -0.236. The van der Waals surface area contributed by atoms with Crippen LogP contribution in [-0.2, 0) is 29.9 Å².